The third kappa shape index (κ3) is 32.5. The van der Waals surface area contributed by atoms with Gasteiger partial charge in [0.05, 0.1) is 25.4 Å². The number of aliphatic hydroxyl groups excluding tert-OH is 5. The lowest BCUT2D eigenvalue weighted by molar-refractivity contribution is -0.302. The van der Waals surface area contributed by atoms with Gasteiger partial charge in [-0.3, -0.25) is 4.79 Å². The van der Waals surface area contributed by atoms with Crippen LogP contribution in [0, 0.1) is 0 Å². The standard InChI is InChI=1S/C52H95NO8/c1-3-5-7-9-11-13-15-17-19-21-23-25-27-29-31-33-35-37-39-41-46(55)45(44-60-52-51(59)50(58)49(57)47(43-54)61-52)53-48(56)42-40-38-36-34-32-30-28-26-24-22-20-18-16-14-12-10-8-6-4-2/h12,14,16,18,31,33,39,41,45-47,49-52,54-55,57-59H,3-11,13,15,17,19-30,32,34-38,40,42-44H2,1-2H3,(H,53,56)/b14-12-,18-16-,33-31+,41-39+. The summed E-state index contributed by atoms with van der Waals surface area (Å²) in [4.78, 5) is 13.0. The van der Waals surface area contributed by atoms with Crippen molar-refractivity contribution in [3.05, 3.63) is 48.6 Å². The second-order valence-electron chi connectivity index (χ2n) is 17.6. The molecule has 7 unspecified atom stereocenters. The van der Waals surface area contributed by atoms with Gasteiger partial charge in [-0.2, -0.15) is 0 Å². The van der Waals surface area contributed by atoms with Crippen molar-refractivity contribution < 1.29 is 39.8 Å². The van der Waals surface area contributed by atoms with Gasteiger partial charge in [0.2, 0.25) is 5.91 Å². The quantitative estimate of drug-likeness (QED) is 0.0202. The van der Waals surface area contributed by atoms with E-state index >= 15 is 0 Å². The molecule has 1 heterocycles. The molecule has 0 aromatic rings. The Morgan fingerprint density at radius 3 is 1.51 bits per heavy atom. The van der Waals surface area contributed by atoms with E-state index in [0.29, 0.717) is 6.42 Å². The number of allylic oxidation sites excluding steroid dienone is 7. The fourth-order valence-electron chi connectivity index (χ4n) is 7.81. The van der Waals surface area contributed by atoms with Gasteiger partial charge < -0.3 is 40.3 Å². The second-order valence-corrected chi connectivity index (χ2v) is 17.6. The number of nitrogens with one attached hydrogen (secondary N) is 1. The Hall–Kier alpha value is -1.85. The van der Waals surface area contributed by atoms with Crippen LogP contribution in [0.2, 0.25) is 0 Å². The molecule has 1 rings (SSSR count). The first-order chi connectivity index (χ1) is 29.8. The number of ether oxygens (including phenoxy) is 2. The zero-order valence-corrected chi connectivity index (χ0v) is 39.2. The molecular formula is C52H95NO8. The molecule has 1 aliphatic heterocycles. The zero-order valence-electron chi connectivity index (χ0n) is 39.2. The van der Waals surface area contributed by atoms with Gasteiger partial charge in [-0.1, -0.05) is 204 Å². The van der Waals surface area contributed by atoms with E-state index < -0.39 is 49.5 Å². The highest BCUT2D eigenvalue weighted by molar-refractivity contribution is 5.76. The molecule has 9 heteroatoms. The molecule has 1 amide bonds. The predicted octanol–water partition coefficient (Wildman–Crippen LogP) is 11.4. The van der Waals surface area contributed by atoms with Gasteiger partial charge in [-0.25, -0.2) is 0 Å². The van der Waals surface area contributed by atoms with Crippen molar-refractivity contribution >= 4 is 5.91 Å². The number of amides is 1. The smallest absolute Gasteiger partial charge is 0.220 e. The van der Waals surface area contributed by atoms with Crippen LogP contribution in [0.1, 0.15) is 219 Å². The van der Waals surface area contributed by atoms with Crippen molar-refractivity contribution in [1.82, 2.24) is 5.32 Å². The van der Waals surface area contributed by atoms with E-state index in [4.69, 9.17) is 9.47 Å². The number of unbranched alkanes of at least 4 members (excludes halogenated alkanes) is 27. The highest BCUT2D eigenvalue weighted by Gasteiger charge is 2.44. The Labute approximate surface area is 373 Å². The van der Waals surface area contributed by atoms with E-state index in [1.165, 1.54) is 154 Å². The van der Waals surface area contributed by atoms with Gasteiger partial charge in [0, 0.05) is 6.42 Å². The SMILES string of the molecule is CCCCC/C=C\C=C/CCCCCCCCCCCCC(=O)NC(COC1OC(CO)C(O)C(O)C1O)C(O)/C=C/CC/C=C/CCCCCCCCCCCCCCC. The number of hydrogen-bond acceptors (Lipinski definition) is 8. The van der Waals surface area contributed by atoms with Gasteiger partial charge in [-0.15, -0.1) is 0 Å². The third-order valence-corrected chi connectivity index (χ3v) is 11.9. The molecule has 0 saturated carbocycles. The molecular weight excluding hydrogens is 767 g/mol. The maximum atomic E-state index is 13.0. The molecule has 7 atom stereocenters. The average Bonchev–Trinajstić information content (AvgIpc) is 3.26. The molecule has 1 aliphatic rings. The molecule has 1 saturated heterocycles. The number of carbonyl (C=O) groups excluding carboxylic acids is 1. The average molecular weight is 862 g/mol. The van der Waals surface area contributed by atoms with E-state index in [0.717, 1.165) is 44.9 Å². The van der Waals surface area contributed by atoms with E-state index in [1.54, 1.807) is 6.08 Å². The molecule has 0 aromatic heterocycles. The fourth-order valence-corrected chi connectivity index (χ4v) is 7.81. The normalized spacial score (nSPS) is 20.8. The van der Waals surface area contributed by atoms with Crippen molar-refractivity contribution in [2.45, 2.75) is 262 Å². The monoisotopic (exact) mass is 862 g/mol. The molecule has 0 aromatic carbocycles. The summed E-state index contributed by atoms with van der Waals surface area (Å²) in [6, 6.07) is -0.824. The lowest BCUT2D eigenvalue weighted by Gasteiger charge is -2.40. The molecule has 0 bridgehead atoms. The van der Waals surface area contributed by atoms with E-state index in [1.807, 2.05) is 6.08 Å². The lowest BCUT2D eigenvalue weighted by atomic mass is 9.99. The largest absolute Gasteiger partial charge is 0.394 e. The highest BCUT2D eigenvalue weighted by atomic mass is 16.7. The van der Waals surface area contributed by atoms with Crippen molar-refractivity contribution in [3.63, 3.8) is 0 Å². The van der Waals surface area contributed by atoms with Gasteiger partial charge in [0.15, 0.2) is 6.29 Å². The summed E-state index contributed by atoms with van der Waals surface area (Å²) in [6.07, 6.45) is 47.3. The molecule has 0 radical (unpaired) electrons. The van der Waals surface area contributed by atoms with Crippen molar-refractivity contribution in [2.75, 3.05) is 13.2 Å². The third-order valence-electron chi connectivity index (χ3n) is 11.9. The molecule has 6 N–H and O–H groups in total. The number of hydrogen-bond donors (Lipinski definition) is 6. The Balaban J connectivity index is 2.33. The van der Waals surface area contributed by atoms with Crippen LogP contribution in [0.5, 0.6) is 0 Å². The Kier molecular flexibility index (Phi) is 39.5. The topological polar surface area (TPSA) is 149 Å². The van der Waals surface area contributed by atoms with E-state index in [9.17, 15) is 30.3 Å². The molecule has 1 fully saturated rings. The van der Waals surface area contributed by atoms with Crippen LogP contribution in [0.4, 0.5) is 0 Å². The number of carbonyl (C=O) groups is 1. The summed E-state index contributed by atoms with van der Waals surface area (Å²) in [7, 11) is 0. The van der Waals surface area contributed by atoms with Crippen LogP contribution in [-0.2, 0) is 14.3 Å². The molecule has 0 spiro atoms. The molecule has 61 heavy (non-hydrogen) atoms. The van der Waals surface area contributed by atoms with Crippen LogP contribution < -0.4 is 5.32 Å². The summed E-state index contributed by atoms with van der Waals surface area (Å²) in [5.74, 6) is -0.191. The summed E-state index contributed by atoms with van der Waals surface area (Å²) >= 11 is 0. The summed E-state index contributed by atoms with van der Waals surface area (Å²) in [5.41, 5.74) is 0. The highest BCUT2D eigenvalue weighted by Crippen LogP contribution is 2.23. The first-order valence-corrected chi connectivity index (χ1v) is 25.4. The molecule has 9 nitrogen and oxygen atoms in total. The molecule has 0 aliphatic carbocycles. The first kappa shape index (κ1) is 57.2. The van der Waals surface area contributed by atoms with Gasteiger partial charge in [-0.05, 0) is 57.8 Å². The molecule has 356 valence electrons. The first-order valence-electron chi connectivity index (χ1n) is 25.4. The van der Waals surface area contributed by atoms with Gasteiger partial charge >= 0.3 is 0 Å². The maximum absolute atomic E-state index is 13.0. The minimum absolute atomic E-state index is 0.191. The predicted molar refractivity (Wildman–Crippen MR) is 253 cm³/mol. The van der Waals surface area contributed by atoms with Crippen LogP contribution in [0.3, 0.4) is 0 Å². The number of aliphatic hydroxyl groups is 5. The Morgan fingerprint density at radius 1 is 0.557 bits per heavy atom. The Morgan fingerprint density at radius 2 is 0.984 bits per heavy atom. The zero-order chi connectivity index (χ0) is 44.4. The van der Waals surface area contributed by atoms with Gasteiger partial charge in [0.1, 0.15) is 24.4 Å². The number of rotatable bonds is 42. The minimum atomic E-state index is -1.57. The lowest BCUT2D eigenvalue weighted by Crippen LogP contribution is -2.60. The van der Waals surface area contributed by atoms with E-state index in [-0.39, 0.29) is 12.5 Å². The van der Waals surface area contributed by atoms with E-state index in [2.05, 4.69) is 55.6 Å². The van der Waals surface area contributed by atoms with Crippen molar-refractivity contribution in [3.8, 4) is 0 Å². The van der Waals surface area contributed by atoms with Crippen LogP contribution in [0.25, 0.3) is 0 Å². The van der Waals surface area contributed by atoms with Crippen LogP contribution in [0.15, 0.2) is 48.6 Å². The van der Waals surface area contributed by atoms with Crippen molar-refractivity contribution in [2.24, 2.45) is 0 Å². The maximum Gasteiger partial charge on any atom is 0.220 e. The fraction of sp³-hybridized carbons (Fsp3) is 0.827. The second kappa shape index (κ2) is 42.1. The van der Waals surface area contributed by atoms with Crippen LogP contribution >= 0.6 is 0 Å². The Bertz CT molecular complexity index is 1090. The van der Waals surface area contributed by atoms with Crippen molar-refractivity contribution in [1.29, 1.82) is 0 Å². The minimum Gasteiger partial charge on any atom is -0.394 e. The summed E-state index contributed by atoms with van der Waals surface area (Å²) in [6.45, 7) is 3.74. The van der Waals surface area contributed by atoms with Crippen LogP contribution in [-0.4, -0.2) is 87.5 Å². The summed E-state index contributed by atoms with van der Waals surface area (Å²) in [5, 5.41) is 54.3. The summed E-state index contributed by atoms with van der Waals surface area (Å²) < 4.78 is 11.2. The van der Waals surface area contributed by atoms with Gasteiger partial charge in [0.25, 0.3) is 0 Å².